The Morgan fingerprint density at radius 3 is 2.70 bits per heavy atom. The smallest absolute Gasteiger partial charge is 0.306 e. The van der Waals surface area contributed by atoms with Crippen LogP contribution in [0.15, 0.2) is 10.6 Å². The Hall–Kier alpha value is -0.830. The van der Waals surface area contributed by atoms with Crippen molar-refractivity contribution in [2.24, 2.45) is 40.9 Å². The van der Waals surface area contributed by atoms with Crippen molar-refractivity contribution in [3.8, 4) is 0 Å². The summed E-state index contributed by atoms with van der Waals surface area (Å²) in [7, 11) is 0. The van der Waals surface area contributed by atoms with Crippen molar-refractivity contribution in [2.75, 3.05) is 0 Å². The third-order valence-electron chi connectivity index (χ3n) is 9.91. The van der Waals surface area contributed by atoms with E-state index in [1.165, 1.54) is 37.7 Å². The van der Waals surface area contributed by atoms with Gasteiger partial charge in [0.1, 0.15) is 5.60 Å². The molecule has 1 heterocycles. The number of fused-ring (bicyclic) bond motifs is 9. The van der Waals surface area contributed by atoms with Gasteiger partial charge >= 0.3 is 5.97 Å². The fourth-order valence-electron chi connectivity index (χ4n) is 9.06. The van der Waals surface area contributed by atoms with E-state index in [-0.39, 0.29) is 17.0 Å². The molecule has 0 bridgehead atoms. The van der Waals surface area contributed by atoms with Crippen molar-refractivity contribution >= 4 is 23.3 Å². The lowest BCUT2D eigenvalue weighted by molar-refractivity contribution is -0.179. The van der Waals surface area contributed by atoms with Crippen molar-refractivity contribution in [3.63, 3.8) is 0 Å². The fraction of sp³-hybridized carbons (Fsp3) is 0.826. The quantitative estimate of drug-likeness (QED) is 0.606. The third kappa shape index (κ3) is 1.91. The zero-order valence-corrected chi connectivity index (χ0v) is 17.0. The maximum absolute atomic E-state index is 12.2. The van der Waals surface area contributed by atoms with E-state index in [0.29, 0.717) is 24.0 Å². The molecule has 4 saturated carbocycles. The lowest BCUT2D eigenvalue weighted by Crippen LogP contribution is -2.56. The molecule has 0 aromatic heterocycles. The van der Waals surface area contributed by atoms with Crippen LogP contribution in [0.1, 0.15) is 71.1 Å². The van der Waals surface area contributed by atoms with Gasteiger partial charge in [-0.1, -0.05) is 18.5 Å². The van der Waals surface area contributed by atoms with Crippen molar-refractivity contribution in [1.29, 1.82) is 5.41 Å². The van der Waals surface area contributed by atoms with Gasteiger partial charge in [0.15, 0.2) is 0 Å². The number of rotatable bonds is 1. The number of carbonyl (C=O) groups excluding carboxylic acids is 1. The number of nitrogens with one attached hydrogen (secondary N) is 1. The van der Waals surface area contributed by atoms with Crippen LogP contribution in [-0.4, -0.2) is 17.3 Å². The summed E-state index contributed by atoms with van der Waals surface area (Å²) in [6.45, 7) is 2.36. The molecule has 27 heavy (non-hydrogen) atoms. The van der Waals surface area contributed by atoms with Crippen LogP contribution in [0.4, 0.5) is 0 Å². The lowest BCUT2D eigenvalue weighted by atomic mass is 9.47. The summed E-state index contributed by atoms with van der Waals surface area (Å²) in [5, 5.41) is 8.96. The molecule has 3 nitrogen and oxygen atoms in total. The van der Waals surface area contributed by atoms with Crippen molar-refractivity contribution in [2.45, 2.75) is 76.7 Å². The molecular formula is C23H30ClNO2. The van der Waals surface area contributed by atoms with E-state index in [4.69, 9.17) is 21.7 Å². The monoisotopic (exact) mass is 387 g/mol. The summed E-state index contributed by atoms with van der Waals surface area (Å²) in [6.07, 6.45) is 10.9. The lowest BCUT2D eigenvalue weighted by Gasteiger charge is -2.58. The standard InChI is InChI=1S/C23H30ClNO2/c1-2-22-9-7-13-12-5-6-18(25)21(24)15(12)4-3-14(13)20(22)16-11-17(16)23(22)10-8-19(26)27-23/h12-14,16-17,20,25H,2-11H2,1H3/t12?,13?,14?,16?,17?,20?,22-,23-/m0/s1. The SMILES string of the molecule is CC[C@]12CCC3C4CCC(=N)C(Cl)=C4CCC3C1C1CC1[C@@]21CCC(=O)O1. The number of ether oxygens (including phenoxy) is 1. The van der Waals surface area contributed by atoms with Crippen LogP contribution < -0.4 is 0 Å². The Balaban J connectivity index is 1.39. The van der Waals surface area contributed by atoms with Crippen LogP contribution in [-0.2, 0) is 9.53 Å². The molecule has 1 aliphatic heterocycles. The van der Waals surface area contributed by atoms with Crippen LogP contribution in [0.3, 0.4) is 0 Å². The Bertz CT molecular complexity index is 774. The maximum atomic E-state index is 12.2. The predicted molar refractivity (Wildman–Crippen MR) is 105 cm³/mol. The minimum Gasteiger partial charge on any atom is -0.458 e. The van der Waals surface area contributed by atoms with Crippen LogP contribution >= 0.6 is 11.6 Å². The van der Waals surface area contributed by atoms with E-state index >= 15 is 0 Å². The van der Waals surface area contributed by atoms with Gasteiger partial charge in [-0.25, -0.2) is 0 Å². The number of carbonyl (C=O) groups is 1. The van der Waals surface area contributed by atoms with Crippen LogP contribution in [0, 0.1) is 46.3 Å². The first kappa shape index (κ1) is 17.1. The molecule has 5 fully saturated rings. The van der Waals surface area contributed by atoms with Gasteiger partial charge in [0, 0.05) is 23.5 Å². The summed E-state index contributed by atoms with van der Waals surface area (Å²) in [5.74, 6) is 4.38. The molecule has 6 aliphatic rings. The Kier molecular flexibility index (Phi) is 3.41. The number of hydrogen-bond donors (Lipinski definition) is 1. The first-order valence-electron chi connectivity index (χ1n) is 11.2. The second-order valence-electron chi connectivity index (χ2n) is 10.3. The molecule has 6 unspecified atom stereocenters. The average molecular weight is 388 g/mol. The van der Waals surface area contributed by atoms with E-state index in [1.54, 1.807) is 0 Å². The summed E-state index contributed by atoms with van der Waals surface area (Å²) < 4.78 is 6.25. The zero-order chi connectivity index (χ0) is 18.6. The highest BCUT2D eigenvalue weighted by Crippen LogP contribution is 2.79. The van der Waals surface area contributed by atoms with Gasteiger partial charge in [0.25, 0.3) is 0 Å². The van der Waals surface area contributed by atoms with Gasteiger partial charge in [0.05, 0.1) is 5.03 Å². The second kappa shape index (κ2) is 5.40. The topological polar surface area (TPSA) is 50.2 Å². The molecule has 5 aliphatic carbocycles. The van der Waals surface area contributed by atoms with Crippen molar-refractivity contribution in [3.05, 3.63) is 10.6 Å². The van der Waals surface area contributed by atoms with Gasteiger partial charge in [-0.05, 0) is 93.0 Å². The van der Waals surface area contributed by atoms with Gasteiger partial charge in [-0.15, -0.1) is 0 Å². The van der Waals surface area contributed by atoms with Crippen LogP contribution in [0.5, 0.6) is 0 Å². The minimum atomic E-state index is -0.123. The molecule has 0 aromatic carbocycles. The number of allylic oxidation sites excluding steroid dienone is 2. The number of halogens is 1. The summed E-state index contributed by atoms with van der Waals surface area (Å²) >= 11 is 6.59. The Morgan fingerprint density at radius 2 is 1.96 bits per heavy atom. The third-order valence-corrected chi connectivity index (χ3v) is 10.4. The molecule has 4 heteroatoms. The number of hydrogen-bond acceptors (Lipinski definition) is 3. The molecule has 8 atom stereocenters. The van der Waals surface area contributed by atoms with E-state index in [2.05, 4.69) is 6.92 Å². The molecule has 0 radical (unpaired) electrons. The van der Waals surface area contributed by atoms with Crippen LogP contribution in [0.2, 0.25) is 0 Å². The molecule has 1 N–H and O–H groups in total. The molecular weight excluding hydrogens is 358 g/mol. The first-order valence-corrected chi connectivity index (χ1v) is 11.6. The van der Waals surface area contributed by atoms with E-state index in [9.17, 15) is 4.79 Å². The first-order chi connectivity index (χ1) is 13.0. The number of esters is 1. The summed E-state index contributed by atoms with van der Waals surface area (Å²) in [6, 6.07) is 0. The van der Waals surface area contributed by atoms with Gasteiger partial charge < -0.3 is 10.1 Å². The fourth-order valence-corrected chi connectivity index (χ4v) is 9.39. The minimum absolute atomic E-state index is 0.0580. The summed E-state index contributed by atoms with van der Waals surface area (Å²) in [5.41, 5.74) is 2.19. The maximum Gasteiger partial charge on any atom is 0.306 e. The van der Waals surface area contributed by atoms with Gasteiger partial charge in [-0.2, -0.15) is 0 Å². The zero-order valence-electron chi connectivity index (χ0n) is 16.2. The predicted octanol–water partition coefficient (Wildman–Crippen LogP) is 5.47. The highest BCUT2D eigenvalue weighted by atomic mass is 35.5. The van der Waals surface area contributed by atoms with E-state index in [1.807, 2.05) is 0 Å². The normalized spacial score (nSPS) is 53.0. The highest BCUT2D eigenvalue weighted by Gasteiger charge is 2.79. The largest absolute Gasteiger partial charge is 0.458 e. The molecule has 0 amide bonds. The van der Waals surface area contributed by atoms with Gasteiger partial charge in [0.2, 0.25) is 0 Å². The van der Waals surface area contributed by atoms with E-state index in [0.717, 1.165) is 54.4 Å². The second-order valence-corrected chi connectivity index (χ2v) is 10.7. The molecule has 1 spiro atoms. The average Bonchev–Trinajstić information content (AvgIpc) is 3.32. The van der Waals surface area contributed by atoms with E-state index < -0.39 is 0 Å². The Labute approximate surface area is 166 Å². The Morgan fingerprint density at radius 1 is 1.11 bits per heavy atom. The van der Waals surface area contributed by atoms with Crippen LogP contribution in [0.25, 0.3) is 0 Å². The molecule has 0 aromatic rings. The molecule has 6 rings (SSSR count). The molecule has 146 valence electrons. The summed E-state index contributed by atoms with van der Waals surface area (Å²) in [4.78, 5) is 12.2. The highest BCUT2D eigenvalue weighted by molar-refractivity contribution is 6.43. The van der Waals surface area contributed by atoms with Crippen molar-refractivity contribution in [1.82, 2.24) is 0 Å². The molecule has 1 saturated heterocycles. The van der Waals surface area contributed by atoms with Crippen molar-refractivity contribution < 1.29 is 9.53 Å². The van der Waals surface area contributed by atoms with Gasteiger partial charge in [-0.3, -0.25) is 4.79 Å².